The van der Waals surface area contributed by atoms with Crippen LogP contribution in [0.25, 0.3) is 0 Å². The molecule has 0 bridgehead atoms. The molecular weight excluding hydrogens is 260 g/mol. The molecule has 3 nitrogen and oxygen atoms in total. The van der Waals surface area contributed by atoms with Crippen molar-refractivity contribution in [1.82, 2.24) is 10.2 Å². The van der Waals surface area contributed by atoms with Gasteiger partial charge in [0.25, 0.3) is 0 Å². The van der Waals surface area contributed by atoms with Gasteiger partial charge in [0, 0.05) is 18.3 Å². The lowest BCUT2D eigenvalue weighted by Gasteiger charge is -2.28. The molecule has 0 unspecified atom stereocenters. The number of hydrogen-bond donors (Lipinski definition) is 1. The highest BCUT2D eigenvalue weighted by molar-refractivity contribution is 5.82. The number of rotatable bonds is 10. The second-order valence-electron chi connectivity index (χ2n) is 6.44. The van der Waals surface area contributed by atoms with Crippen LogP contribution in [0.1, 0.15) is 64.2 Å². The molecule has 2 fully saturated rings. The number of carbonyl (C=O) groups excluding carboxylic acids is 1. The molecule has 0 spiro atoms. The normalized spacial score (nSPS) is 21.3. The van der Waals surface area contributed by atoms with Crippen LogP contribution >= 0.6 is 0 Å². The molecule has 21 heavy (non-hydrogen) atoms. The molecule has 0 aromatic rings. The van der Waals surface area contributed by atoms with E-state index in [2.05, 4.69) is 23.4 Å². The van der Waals surface area contributed by atoms with E-state index in [1.807, 2.05) is 6.08 Å². The number of carbonyl (C=O) groups is 1. The summed E-state index contributed by atoms with van der Waals surface area (Å²) in [6.45, 7) is 8.98. The molecule has 118 valence electrons. The van der Waals surface area contributed by atoms with Crippen molar-refractivity contribution in [1.29, 1.82) is 0 Å². The van der Waals surface area contributed by atoms with E-state index in [1.54, 1.807) is 0 Å². The van der Waals surface area contributed by atoms with E-state index >= 15 is 0 Å². The van der Waals surface area contributed by atoms with Crippen LogP contribution in [0.2, 0.25) is 0 Å². The summed E-state index contributed by atoms with van der Waals surface area (Å²) < 4.78 is 0. The first kappa shape index (κ1) is 16.1. The molecule has 1 aliphatic carbocycles. The summed E-state index contributed by atoms with van der Waals surface area (Å²) >= 11 is 0. The van der Waals surface area contributed by atoms with Gasteiger partial charge < -0.3 is 10.2 Å². The van der Waals surface area contributed by atoms with Gasteiger partial charge in [0.15, 0.2) is 0 Å². The second-order valence-corrected chi connectivity index (χ2v) is 6.44. The number of allylic oxidation sites excluding steroid dienone is 2. The first-order valence-electron chi connectivity index (χ1n) is 8.58. The molecule has 1 heterocycles. The van der Waals surface area contributed by atoms with Gasteiger partial charge in [0.05, 0.1) is 0 Å². The minimum atomic E-state index is 0.0406. The van der Waals surface area contributed by atoms with E-state index in [-0.39, 0.29) is 11.9 Å². The molecule has 1 amide bonds. The molecule has 1 N–H and O–H groups in total. The molecule has 2 rings (SSSR count). The zero-order valence-electron chi connectivity index (χ0n) is 13.3. The molecule has 3 heteroatoms. The molecule has 0 aromatic carbocycles. The Labute approximate surface area is 129 Å². The van der Waals surface area contributed by atoms with E-state index in [4.69, 9.17) is 0 Å². The number of unbranched alkanes of at least 4 members (excludes halogenated alkanes) is 4. The van der Waals surface area contributed by atoms with Crippen molar-refractivity contribution < 1.29 is 4.79 Å². The number of amides is 1. The Morgan fingerprint density at radius 2 is 1.95 bits per heavy atom. The molecule has 0 aromatic heterocycles. The van der Waals surface area contributed by atoms with E-state index in [1.165, 1.54) is 25.7 Å². The number of nitrogens with one attached hydrogen (secondary N) is 1. The largest absolute Gasteiger partial charge is 0.363 e. The highest BCUT2D eigenvalue weighted by Gasteiger charge is 2.34. The van der Waals surface area contributed by atoms with Gasteiger partial charge in [-0.05, 0) is 51.4 Å². The summed E-state index contributed by atoms with van der Waals surface area (Å²) in [5, 5.41) is 3.14. The van der Waals surface area contributed by atoms with Crippen molar-refractivity contribution >= 4 is 5.91 Å². The van der Waals surface area contributed by atoms with Gasteiger partial charge in [-0.25, -0.2) is 0 Å². The molecule has 1 saturated carbocycles. The van der Waals surface area contributed by atoms with Crippen LogP contribution in [-0.4, -0.2) is 29.4 Å². The molecule has 1 saturated heterocycles. The molecule has 1 aliphatic heterocycles. The number of hydrogen-bond acceptors (Lipinski definition) is 2. The van der Waals surface area contributed by atoms with Crippen molar-refractivity contribution in [2.45, 2.75) is 76.3 Å². The minimum Gasteiger partial charge on any atom is -0.363 e. The Morgan fingerprint density at radius 1 is 1.19 bits per heavy atom. The quantitative estimate of drug-likeness (QED) is 0.490. The van der Waals surface area contributed by atoms with E-state index in [9.17, 15) is 4.79 Å². The molecule has 2 aliphatic rings. The summed E-state index contributed by atoms with van der Waals surface area (Å²) in [6.07, 6.45) is 13.5. The van der Waals surface area contributed by atoms with E-state index in [0.717, 1.165) is 50.8 Å². The van der Waals surface area contributed by atoms with E-state index in [0.29, 0.717) is 6.04 Å². The van der Waals surface area contributed by atoms with Crippen molar-refractivity contribution in [2.75, 3.05) is 6.54 Å². The van der Waals surface area contributed by atoms with Crippen molar-refractivity contribution in [3.63, 3.8) is 0 Å². The van der Waals surface area contributed by atoms with Gasteiger partial charge in [-0.2, -0.15) is 0 Å². The first-order valence-corrected chi connectivity index (χ1v) is 8.58. The lowest BCUT2D eigenvalue weighted by molar-refractivity contribution is -0.125. The lowest BCUT2D eigenvalue weighted by Crippen LogP contribution is -2.43. The standard InChI is InChI=1S/C18H30N2O/c1-3-4-5-6-7-8-10-15(2)20-14-9-11-17(20)18(21)19-16-12-13-16/h3,16-17H,1-2,4-14H2,(H,19,21)/t17-/m0/s1. The molecular formula is C18H30N2O. The Kier molecular flexibility index (Phi) is 6.34. The maximum Gasteiger partial charge on any atom is 0.242 e. The Balaban J connectivity index is 1.67. The van der Waals surface area contributed by atoms with Gasteiger partial charge >= 0.3 is 0 Å². The predicted octanol–water partition coefficient (Wildman–Crippen LogP) is 3.77. The minimum absolute atomic E-state index is 0.0406. The van der Waals surface area contributed by atoms with Gasteiger partial charge in [-0.3, -0.25) is 4.79 Å². The lowest BCUT2D eigenvalue weighted by atomic mass is 10.1. The summed E-state index contributed by atoms with van der Waals surface area (Å²) in [5.41, 5.74) is 1.16. The van der Waals surface area contributed by atoms with Gasteiger partial charge in [-0.1, -0.05) is 25.5 Å². The van der Waals surface area contributed by atoms with Crippen molar-refractivity contribution in [2.24, 2.45) is 0 Å². The fourth-order valence-electron chi connectivity index (χ4n) is 3.06. The average Bonchev–Trinajstić information content (AvgIpc) is 3.14. The SMILES string of the molecule is C=CCCCCCCC(=C)N1CCC[C@H]1C(=O)NC1CC1. The van der Waals surface area contributed by atoms with Crippen LogP contribution in [0, 0.1) is 0 Å². The third-order valence-corrected chi connectivity index (χ3v) is 4.51. The zero-order chi connectivity index (χ0) is 15.1. The molecule has 0 radical (unpaired) electrons. The second kappa shape index (κ2) is 8.26. The Morgan fingerprint density at radius 3 is 2.67 bits per heavy atom. The van der Waals surface area contributed by atoms with Gasteiger partial charge in [0.1, 0.15) is 6.04 Å². The van der Waals surface area contributed by atoms with Crippen molar-refractivity contribution in [3.8, 4) is 0 Å². The maximum absolute atomic E-state index is 12.3. The summed E-state index contributed by atoms with van der Waals surface area (Å²) in [7, 11) is 0. The average molecular weight is 290 g/mol. The van der Waals surface area contributed by atoms with Crippen LogP contribution < -0.4 is 5.32 Å². The van der Waals surface area contributed by atoms with Gasteiger partial charge in [-0.15, -0.1) is 6.58 Å². The van der Waals surface area contributed by atoms with Crippen LogP contribution in [0.15, 0.2) is 24.9 Å². The number of nitrogens with zero attached hydrogens (tertiary/aromatic N) is 1. The summed E-state index contributed by atoms with van der Waals surface area (Å²) in [5.74, 6) is 0.224. The topological polar surface area (TPSA) is 32.3 Å². The Bertz CT molecular complexity index is 373. The molecule has 1 atom stereocenters. The monoisotopic (exact) mass is 290 g/mol. The van der Waals surface area contributed by atoms with Crippen LogP contribution in [0.4, 0.5) is 0 Å². The smallest absolute Gasteiger partial charge is 0.242 e. The highest BCUT2D eigenvalue weighted by Crippen LogP contribution is 2.26. The first-order chi connectivity index (χ1) is 10.2. The van der Waals surface area contributed by atoms with Crippen LogP contribution in [-0.2, 0) is 4.79 Å². The predicted molar refractivity (Wildman–Crippen MR) is 87.9 cm³/mol. The summed E-state index contributed by atoms with van der Waals surface area (Å²) in [4.78, 5) is 14.5. The van der Waals surface area contributed by atoms with Crippen LogP contribution in [0.5, 0.6) is 0 Å². The Hall–Kier alpha value is -1.25. The fraction of sp³-hybridized carbons (Fsp3) is 0.722. The maximum atomic E-state index is 12.3. The number of likely N-dealkylation sites (tertiary alicyclic amines) is 1. The third-order valence-electron chi connectivity index (χ3n) is 4.51. The van der Waals surface area contributed by atoms with Gasteiger partial charge in [0.2, 0.25) is 5.91 Å². The van der Waals surface area contributed by atoms with Crippen LogP contribution in [0.3, 0.4) is 0 Å². The van der Waals surface area contributed by atoms with Crippen molar-refractivity contribution in [3.05, 3.63) is 24.9 Å². The highest BCUT2D eigenvalue weighted by atomic mass is 16.2. The summed E-state index contributed by atoms with van der Waals surface area (Å²) in [6, 6.07) is 0.497. The fourth-order valence-corrected chi connectivity index (χ4v) is 3.06. The van der Waals surface area contributed by atoms with E-state index < -0.39 is 0 Å². The third kappa shape index (κ3) is 5.22. The zero-order valence-corrected chi connectivity index (χ0v) is 13.3.